The molecule has 0 fully saturated rings. The molecule has 4 aromatic rings. The fourth-order valence-corrected chi connectivity index (χ4v) is 4.50. The lowest BCUT2D eigenvalue weighted by Crippen LogP contribution is -2.14. The third-order valence-electron chi connectivity index (χ3n) is 4.61. The Morgan fingerprint density at radius 2 is 1.79 bits per heavy atom. The van der Waals surface area contributed by atoms with Crippen molar-refractivity contribution >= 4 is 45.7 Å². The van der Waals surface area contributed by atoms with Gasteiger partial charge in [0, 0.05) is 27.1 Å². The Morgan fingerprint density at radius 3 is 2.61 bits per heavy atom. The first kappa shape index (κ1) is 22.6. The fraction of sp³-hybridized carbons (Fsp3) is 0.0800. The standard InChI is InChI=1S/C25H21N3O3S2/c1-31-20-11-5-9-18(13-20)24(30)26-19-10-6-12-21(14-19)32-16-23(29)28-25-27-22(15-33-25)17-7-3-2-4-8-17/h2-15H,16H2,1H3,(H,26,30)(H,27,28,29). The van der Waals surface area contributed by atoms with Gasteiger partial charge in [0.2, 0.25) is 5.91 Å². The largest absolute Gasteiger partial charge is 0.497 e. The number of aromatic nitrogens is 1. The number of hydrogen-bond donors (Lipinski definition) is 2. The first-order chi connectivity index (χ1) is 16.1. The number of methoxy groups -OCH3 is 1. The van der Waals surface area contributed by atoms with Crippen molar-refractivity contribution in [2.24, 2.45) is 0 Å². The minimum atomic E-state index is -0.230. The number of nitrogens with one attached hydrogen (secondary N) is 2. The SMILES string of the molecule is COc1cccc(C(=O)Nc2cccc(SCC(=O)Nc3nc(-c4ccccc4)cs3)c2)c1. The number of anilines is 2. The van der Waals surface area contributed by atoms with Gasteiger partial charge in [-0.15, -0.1) is 23.1 Å². The summed E-state index contributed by atoms with van der Waals surface area (Å²) in [6, 6.07) is 24.2. The molecule has 1 aromatic heterocycles. The molecular weight excluding hydrogens is 454 g/mol. The average molecular weight is 476 g/mol. The maximum Gasteiger partial charge on any atom is 0.255 e. The zero-order chi connectivity index (χ0) is 23.0. The highest BCUT2D eigenvalue weighted by molar-refractivity contribution is 8.00. The predicted molar refractivity (Wildman–Crippen MR) is 134 cm³/mol. The number of thioether (sulfide) groups is 1. The van der Waals surface area contributed by atoms with E-state index in [4.69, 9.17) is 4.74 Å². The average Bonchev–Trinajstić information content (AvgIpc) is 3.32. The maximum absolute atomic E-state index is 12.5. The second kappa shape index (κ2) is 10.8. The van der Waals surface area contributed by atoms with E-state index >= 15 is 0 Å². The summed E-state index contributed by atoms with van der Waals surface area (Å²) in [4.78, 5) is 30.3. The Bertz CT molecular complexity index is 1260. The molecule has 33 heavy (non-hydrogen) atoms. The molecule has 0 atom stereocenters. The van der Waals surface area contributed by atoms with Gasteiger partial charge in [0.05, 0.1) is 18.6 Å². The van der Waals surface area contributed by atoms with Crippen molar-refractivity contribution in [1.29, 1.82) is 0 Å². The van der Waals surface area contributed by atoms with E-state index < -0.39 is 0 Å². The molecule has 0 bridgehead atoms. The molecule has 0 unspecified atom stereocenters. The van der Waals surface area contributed by atoms with Crippen LogP contribution in [0.2, 0.25) is 0 Å². The molecule has 0 aliphatic heterocycles. The van der Waals surface area contributed by atoms with Crippen LogP contribution < -0.4 is 15.4 Å². The van der Waals surface area contributed by atoms with Gasteiger partial charge < -0.3 is 15.4 Å². The monoisotopic (exact) mass is 475 g/mol. The molecule has 2 N–H and O–H groups in total. The van der Waals surface area contributed by atoms with Gasteiger partial charge in [0.25, 0.3) is 5.91 Å². The van der Waals surface area contributed by atoms with E-state index in [1.807, 2.05) is 60.0 Å². The summed E-state index contributed by atoms with van der Waals surface area (Å²) in [6.45, 7) is 0. The number of carbonyl (C=O) groups excluding carboxylic acids is 2. The molecule has 0 radical (unpaired) electrons. The zero-order valence-corrected chi connectivity index (χ0v) is 19.4. The summed E-state index contributed by atoms with van der Waals surface area (Å²) in [7, 11) is 1.56. The summed E-state index contributed by atoms with van der Waals surface area (Å²) < 4.78 is 5.17. The normalized spacial score (nSPS) is 10.5. The number of ether oxygens (including phenoxy) is 1. The van der Waals surface area contributed by atoms with E-state index in [1.165, 1.54) is 23.1 Å². The van der Waals surface area contributed by atoms with Crippen molar-refractivity contribution < 1.29 is 14.3 Å². The quantitative estimate of drug-likeness (QED) is 0.315. The summed E-state index contributed by atoms with van der Waals surface area (Å²) >= 11 is 2.78. The van der Waals surface area contributed by atoms with Gasteiger partial charge in [0.1, 0.15) is 5.75 Å². The number of carbonyl (C=O) groups is 2. The summed E-state index contributed by atoms with van der Waals surface area (Å²) in [6.07, 6.45) is 0. The highest BCUT2D eigenvalue weighted by Crippen LogP contribution is 2.26. The molecule has 166 valence electrons. The van der Waals surface area contributed by atoms with Crippen LogP contribution in [0.3, 0.4) is 0 Å². The molecular formula is C25H21N3O3S2. The summed E-state index contributed by atoms with van der Waals surface area (Å²) in [5.74, 6) is 0.480. The molecule has 8 heteroatoms. The Labute approximate surface area is 200 Å². The molecule has 1 heterocycles. The van der Waals surface area contributed by atoms with Crippen LogP contribution >= 0.6 is 23.1 Å². The second-order valence-corrected chi connectivity index (χ2v) is 8.86. The van der Waals surface area contributed by atoms with Gasteiger partial charge in [-0.1, -0.05) is 42.5 Å². The van der Waals surface area contributed by atoms with Gasteiger partial charge >= 0.3 is 0 Å². The van der Waals surface area contributed by atoms with Gasteiger partial charge in [-0.05, 0) is 36.4 Å². The zero-order valence-electron chi connectivity index (χ0n) is 17.8. The summed E-state index contributed by atoms with van der Waals surface area (Å²) in [5.41, 5.74) is 3.00. The van der Waals surface area contributed by atoms with E-state index in [9.17, 15) is 9.59 Å². The van der Waals surface area contributed by atoms with Crippen molar-refractivity contribution in [1.82, 2.24) is 4.98 Å². The number of benzene rings is 3. The lowest BCUT2D eigenvalue weighted by atomic mass is 10.2. The maximum atomic E-state index is 12.5. The highest BCUT2D eigenvalue weighted by Gasteiger charge is 2.10. The Morgan fingerprint density at radius 1 is 0.970 bits per heavy atom. The van der Waals surface area contributed by atoms with Crippen molar-refractivity contribution in [2.45, 2.75) is 4.90 Å². The molecule has 4 rings (SSSR count). The molecule has 0 aliphatic rings. The minimum absolute atomic E-state index is 0.139. The second-order valence-electron chi connectivity index (χ2n) is 6.95. The number of nitrogens with zero attached hydrogens (tertiary/aromatic N) is 1. The van der Waals surface area contributed by atoms with Crippen LogP contribution in [-0.4, -0.2) is 29.7 Å². The van der Waals surface area contributed by atoms with Crippen LogP contribution in [0.25, 0.3) is 11.3 Å². The van der Waals surface area contributed by atoms with E-state index in [0.29, 0.717) is 22.1 Å². The van der Waals surface area contributed by atoms with Gasteiger partial charge in [0.15, 0.2) is 5.13 Å². The topological polar surface area (TPSA) is 80.3 Å². The van der Waals surface area contributed by atoms with Crippen LogP contribution in [-0.2, 0) is 4.79 Å². The van der Waals surface area contributed by atoms with Crippen molar-refractivity contribution in [2.75, 3.05) is 23.5 Å². The number of thiazole rings is 1. The molecule has 0 saturated heterocycles. The molecule has 3 aromatic carbocycles. The number of rotatable bonds is 8. The van der Waals surface area contributed by atoms with Crippen LogP contribution in [0.15, 0.2) is 89.1 Å². The van der Waals surface area contributed by atoms with E-state index in [-0.39, 0.29) is 17.6 Å². The number of hydrogen-bond acceptors (Lipinski definition) is 6. The molecule has 0 saturated carbocycles. The van der Waals surface area contributed by atoms with Crippen molar-refractivity contribution in [3.05, 3.63) is 89.8 Å². The van der Waals surface area contributed by atoms with Gasteiger partial charge in [-0.3, -0.25) is 9.59 Å². The van der Waals surface area contributed by atoms with E-state index in [2.05, 4.69) is 15.6 Å². The van der Waals surface area contributed by atoms with Crippen molar-refractivity contribution in [3.63, 3.8) is 0 Å². The van der Waals surface area contributed by atoms with Crippen LogP contribution in [0, 0.1) is 0 Å². The van der Waals surface area contributed by atoms with Gasteiger partial charge in [-0.2, -0.15) is 0 Å². The first-order valence-electron chi connectivity index (χ1n) is 10.1. The van der Waals surface area contributed by atoms with Crippen LogP contribution in [0.4, 0.5) is 10.8 Å². The summed E-state index contributed by atoms with van der Waals surface area (Å²) in [5, 5.41) is 8.22. The lowest BCUT2D eigenvalue weighted by molar-refractivity contribution is -0.113. The van der Waals surface area contributed by atoms with Gasteiger partial charge in [-0.25, -0.2) is 4.98 Å². The highest BCUT2D eigenvalue weighted by atomic mass is 32.2. The smallest absolute Gasteiger partial charge is 0.255 e. The third-order valence-corrected chi connectivity index (χ3v) is 6.37. The molecule has 2 amide bonds. The van der Waals surface area contributed by atoms with E-state index in [1.54, 1.807) is 31.4 Å². The van der Waals surface area contributed by atoms with Crippen LogP contribution in [0.1, 0.15) is 10.4 Å². The third kappa shape index (κ3) is 6.21. The lowest BCUT2D eigenvalue weighted by Gasteiger charge is -2.08. The molecule has 6 nitrogen and oxygen atoms in total. The Balaban J connectivity index is 1.32. The minimum Gasteiger partial charge on any atom is -0.497 e. The van der Waals surface area contributed by atoms with Crippen LogP contribution in [0.5, 0.6) is 5.75 Å². The molecule has 0 aliphatic carbocycles. The van der Waals surface area contributed by atoms with E-state index in [0.717, 1.165) is 16.2 Å². The van der Waals surface area contributed by atoms with Crippen molar-refractivity contribution in [3.8, 4) is 17.0 Å². The first-order valence-corrected chi connectivity index (χ1v) is 12.0. The fourth-order valence-electron chi connectivity index (χ4n) is 3.01. The Hall–Kier alpha value is -3.62. The Kier molecular flexibility index (Phi) is 7.39. The number of amides is 2. The molecule has 0 spiro atoms. The predicted octanol–water partition coefficient (Wildman–Crippen LogP) is 5.80.